The summed E-state index contributed by atoms with van der Waals surface area (Å²) in [6.45, 7) is 4.12. The predicted octanol–water partition coefficient (Wildman–Crippen LogP) is 3.85. The van der Waals surface area contributed by atoms with Gasteiger partial charge in [0.05, 0.1) is 16.3 Å². The Morgan fingerprint density at radius 1 is 1.18 bits per heavy atom. The summed E-state index contributed by atoms with van der Waals surface area (Å²) in [7, 11) is -3.40. The fourth-order valence-electron chi connectivity index (χ4n) is 4.97. The van der Waals surface area contributed by atoms with Crippen molar-refractivity contribution in [1.29, 1.82) is 0 Å². The first-order valence-electron chi connectivity index (χ1n) is 12.1. The number of nitrogens with zero attached hydrogens (tertiary/aromatic N) is 1. The van der Waals surface area contributed by atoms with Crippen LogP contribution in [0.3, 0.4) is 0 Å². The first-order valence-corrected chi connectivity index (χ1v) is 13.7. The lowest BCUT2D eigenvalue weighted by molar-refractivity contribution is -0.126. The van der Waals surface area contributed by atoms with E-state index in [1.165, 1.54) is 0 Å². The quantitative estimate of drug-likeness (QED) is 0.612. The lowest BCUT2D eigenvalue weighted by atomic mass is 9.80. The molecule has 0 spiro atoms. The van der Waals surface area contributed by atoms with Crippen LogP contribution in [0, 0.1) is 25.7 Å². The number of carbonyl (C=O) groups excluding carboxylic acids is 2. The summed E-state index contributed by atoms with van der Waals surface area (Å²) in [6, 6.07) is 5.02. The van der Waals surface area contributed by atoms with Gasteiger partial charge in [-0.2, -0.15) is 0 Å². The molecule has 2 amide bonds. The van der Waals surface area contributed by atoms with E-state index in [1.54, 1.807) is 18.2 Å². The highest BCUT2D eigenvalue weighted by atomic mass is 32.2. The normalized spacial score (nSPS) is 20.8. The second-order valence-corrected chi connectivity index (χ2v) is 11.7. The maximum absolute atomic E-state index is 13.0. The number of anilines is 1. The van der Waals surface area contributed by atoms with Crippen molar-refractivity contribution in [2.75, 3.05) is 11.1 Å². The topological polar surface area (TPSA) is 118 Å². The number of hydrogen-bond donors (Lipinski definition) is 2. The minimum absolute atomic E-state index is 0.0256. The Morgan fingerprint density at radius 2 is 1.94 bits per heavy atom. The Hall–Kier alpha value is -2.68. The molecule has 1 aromatic carbocycles. The zero-order valence-corrected chi connectivity index (χ0v) is 20.7. The second kappa shape index (κ2) is 10.3. The van der Waals surface area contributed by atoms with Gasteiger partial charge in [0.25, 0.3) is 0 Å². The molecule has 9 heteroatoms. The van der Waals surface area contributed by atoms with Crippen molar-refractivity contribution in [2.24, 2.45) is 11.8 Å². The number of carbonyl (C=O) groups is 2. The molecule has 1 saturated carbocycles. The Kier molecular flexibility index (Phi) is 7.40. The van der Waals surface area contributed by atoms with E-state index in [4.69, 9.17) is 4.52 Å². The van der Waals surface area contributed by atoms with Crippen molar-refractivity contribution in [3.63, 3.8) is 0 Å². The van der Waals surface area contributed by atoms with Gasteiger partial charge in [0, 0.05) is 30.1 Å². The van der Waals surface area contributed by atoms with Gasteiger partial charge >= 0.3 is 0 Å². The molecule has 0 saturated heterocycles. The summed E-state index contributed by atoms with van der Waals surface area (Å²) >= 11 is 0. The van der Waals surface area contributed by atoms with Crippen LogP contribution in [0.1, 0.15) is 67.5 Å². The summed E-state index contributed by atoms with van der Waals surface area (Å²) in [6.07, 6.45) is 5.73. The van der Waals surface area contributed by atoms with Crippen LogP contribution in [0.25, 0.3) is 0 Å². The zero-order valence-electron chi connectivity index (χ0n) is 19.9. The molecule has 2 heterocycles. The molecule has 1 aromatic heterocycles. The summed E-state index contributed by atoms with van der Waals surface area (Å²) in [5.74, 6) is 1.12. The minimum atomic E-state index is -3.40. The van der Waals surface area contributed by atoms with E-state index in [-0.39, 0.29) is 23.5 Å². The second-order valence-electron chi connectivity index (χ2n) is 9.57. The molecule has 0 radical (unpaired) electrons. The van der Waals surface area contributed by atoms with E-state index in [0.29, 0.717) is 42.3 Å². The number of amides is 2. The Labute approximate surface area is 200 Å². The lowest BCUT2D eigenvalue weighted by Crippen LogP contribution is -2.33. The van der Waals surface area contributed by atoms with E-state index in [2.05, 4.69) is 15.8 Å². The molecule has 0 atom stereocenters. The third-order valence-corrected chi connectivity index (χ3v) is 8.94. The summed E-state index contributed by atoms with van der Waals surface area (Å²) in [5, 5.41) is 9.76. The van der Waals surface area contributed by atoms with E-state index < -0.39 is 9.84 Å². The highest BCUT2D eigenvalue weighted by molar-refractivity contribution is 7.91. The van der Waals surface area contributed by atoms with Crippen LogP contribution >= 0.6 is 0 Å². The van der Waals surface area contributed by atoms with Crippen molar-refractivity contribution < 1.29 is 22.5 Å². The van der Waals surface area contributed by atoms with Gasteiger partial charge in [0.15, 0.2) is 9.84 Å². The van der Waals surface area contributed by atoms with Gasteiger partial charge in [0.2, 0.25) is 11.8 Å². The van der Waals surface area contributed by atoms with E-state index >= 15 is 0 Å². The maximum atomic E-state index is 13.0. The highest BCUT2D eigenvalue weighted by Gasteiger charge is 2.28. The number of nitrogens with one attached hydrogen (secondary N) is 2. The first kappa shape index (κ1) is 24.4. The van der Waals surface area contributed by atoms with Crippen LogP contribution in [-0.4, -0.2) is 31.1 Å². The van der Waals surface area contributed by atoms with Gasteiger partial charge < -0.3 is 15.2 Å². The molecule has 4 rings (SSSR count). The zero-order chi connectivity index (χ0) is 24.3. The summed E-state index contributed by atoms with van der Waals surface area (Å²) in [4.78, 5) is 24.7. The third-order valence-electron chi connectivity index (χ3n) is 7.19. The Bertz CT molecular complexity index is 1140. The molecule has 2 N–H and O–H groups in total. The van der Waals surface area contributed by atoms with E-state index in [0.717, 1.165) is 54.7 Å². The fraction of sp³-hybridized carbons (Fsp3) is 0.560. The van der Waals surface area contributed by atoms with Gasteiger partial charge in [-0.05, 0) is 88.5 Å². The number of aromatic nitrogens is 1. The molecule has 8 nitrogen and oxygen atoms in total. The molecule has 1 aliphatic heterocycles. The average Bonchev–Trinajstić information content (AvgIpc) is 3.01. The van der Waals surface area contributed by atoms with E-state index in [9.17, 15) is 18.0 Å². The monoisotopic (exact) mass is 487 g/mol. The largest absolute Gasteiger partial charge is 0.361 e. The molecule has 2 aromatic rings. The van der Waals surface area contributed by atoms with Gasteiger partial charge in [-0.3, -0.25) is 9.59 Å². The number of benzene rings is 1. The Morgan fingerprint density at radius 3 is 2.65 bits per heavy atom. The van der Waals surface area contributed by atoms with Crippen molar-refractivity contribution in [2.45, 2.75) is 76.7 Å². The molecule has 34 heavy (non-hydrogen) atoms. The van der Waals surface area contributed by atoms with Crippen molar-refractivity contribution >= 4 is 27.3 Å². The molecule has 184 valence electrons. The van der Waals surface area contributed by atoms with Crippen LogP contribution < -0.4 is 10.6 Å². The van der Waals surface area contributed by atoms with Gasteiger partial charge in [-0.1, -0.05) is 5.16 Å². The van der Waals surface area contributed by atoms with Crippen LogP contribution in [0.15, 0.2) is 27.6 Å². The highest BCUT2D eigenvalue weighted by Crippen LogP contribution is 2.32. The predicted molar refractivity (Wildman–Crippen MR) is 128 cm³/mol. The Balaban J connectivity index is 1.26. The number of aryl methyl sites for hydroxylation is 3. The summed E-state index contributed by atoms with van der Waals surface area (Å²) in [5.41, 5.74) is 3.32. The molecular weight excluding hydrogens is 454 g/mol. The third kappa shape index (κ3) is 5.68. The molecule has 2 aliphatic rings. The molecular formula is C25H33N3O5S. The summed E-state index contributed by atoms with van der Waals surface area (Å²) < 4.78 is 31.1. The van der Waals surface area contributed by atoms with Crippen LogP contribution in [-0.2, 0) is 32.4 Å². The SMILES string of the molecule is Cc1noc(C)c1CNC(=O)C1CCC(CCS(=O)(=O)c2ccc3c(c2)CCCC(=O)N3)CC1. The number of sulfone groups is 1. The smallest absolute Gasteiger partial charge is 0.224 e. The molecule has 1 fully saturated rings. The van der Waals surface area contributed by atoms with Crippen molar-refractivity contribution in [3.05, 3.63) is 40.8 Å². The van der Waals surface area contributed by atoms with Gasteiger partial charge in [0.1, 0.15) is 5.76 Å². The van der Waals surface area contributed by atoms with Gasteiger partial charge in [-0.15, -0.1) is 0 Å². The van der Waals surface area contributed by atoms with E-state index in [1.807, 2.05) is 13.8 Å². The lowest BCUT2D eigenvalue weighted by Gasteiger charge is -2.27. The number of hydrogen-bond acceptors (Lipinski definition) is 6. The maximum Gasteiger partial charge on any atom is 0.224 e. The molecule has 0 bridgehead atoms. The average molecular weight is 488 g/mol. The van der Waals surface area contributed by atoms with Crippen molar-refractivity contribution in [1.82, 2.24) is 10.5 Å². The minimum Gasteiger partial charge on any atom is -0.361 e. The van der Waals surface area contributed by atoms with Crippen LogP contribution in [0.4, 0.5) is 5.69 Å². The first-order chi connectivity index (χ1) is 16.2. The van der Waals surface area contributed by atoms with Gasteiger partial charge in [-0.25, -0.2) is 8.42 Å². The van der Waals surface area contributed by atoms with Crippen LogP contribution in [0.2, 0.25) is 0 Å². The van der Waals surface area contributed by atoms with Crippen LogP contribution in [0.5, 0.6) is 0 Å². The standard InChI is InChI=1S/C25H33N3O5S/c1-16-22(17(2)33-28-16)15-26-25(30)19-8-6-18(7-9-19)12-13-34(31,32)21-10-11-23-20(14-21)4-3-5-24(29)27-23/h10-11,14,18-19H,3-9,12-13,15H2,1-2H3,(H,26,30)(H,27,29). The van der Waals surface area contributed by atoms with Crippen molar-refractivity contribution in [3.8, 4) is 0 Å². The number of fused-ring (bicyclic) bond motifs is 1. The molecule has 0 unspecified atom stereocenters. The fourth-order valence-corrected chi connectivity index (χ4v) is 6.45. The number of rotatable bonds is 7. The molecule has 1 aliphatic carbocycles.